The van der Waals surface area contributed by atoms with Crippen LogP contribution in [0.25, 0.3) is 0 Å². The van der Waals surface area contributed by atoms with Crippen molar-refractivity contribution in [3.63, 3.8) is 0 Å². The Labute approximate surface area is 169 Å². The highest BCUT2D eigenvalue weighted by atomic mass is 32.2. The van der Waals surface area contributed by atoms with E-state index in [2.05, 4.69) is 25.1 Å². The lowest BCUT2D eigenvalue weighted by Crippen LogP contribution is -2.42. The second-order valence-corrected chi connectivity index (χ2v) is 8.67. The van der Waals surface area contributed by atoms with Gasteiger partial charge in [-0.3, -0.25) is 0 Å². The Bertz CT molecular complexity index is 781. The molecular weight excluding hydrogens is 409 g/mol. The van der Waals surface area contributed by atoms with Crippen LogP contribution in [-0.2, 0) is 16.6 Å². The van der Waals surface area contributed by atoms with Crippen LogP contribution in [0.15, 0.2) is 29.3 Å². The molecule has 0 unspecified atom stereocenters. The Hall–Kier alpha value is -2.01. The minimum Gasteiger partial charge on any atom is -0.405 e. The van der Waals surface area contributed by atoms with Crippen LogP contribution < -0.4 is 20.1 Å². The van der Waals surface area contributed by atoms with Gasteiger partial charge >= 0.3 is 6.36 Å². The predicted molar refractivity (Wildman–Crippen MR) is 105 cm³/mol. The Morgan fingerprint density at radius 3 is 2.59 bits per heavy atom. The minimum absolute atomic E-state index is 0.0612. The zero-order valence-electron chi connectivity index (χ0n) is 16.3. The van der Waals surface area contributed by atoms with E-state index in [-0.39, 0.29) is 30.2 Å². The van der Waals surface area contributed by atoms with Crippen LogP contribution >= 0.6 is 0 Å². The van der Waals surface area contributed by atoms with E-state index in [1.165, 1.54) is 18.2 Å². The van der Waals surface area contributed by atoms with Crippen molar-refractivity contribution in [3.05, 3.63) is 29.8 Å². The summed E-state index contributed by atoms with van der Waals surface area (Å²) >= 11 is 0. The number of nitrogens with one attached hydrogen (secondary N) is 3. The number of aliphatic imine (C=N–C) groups is 1. The van der Waals surface area contributed by atoms with Gasteiger partial charge in [-0.15, -0.1) is 13.2 Å². The van der Waals surface area contributed by atoms with Crippen LogP contribution in [-0.4, -0.2) is 46.1 Å². The molecule has 0 radical (unpaired) electrons. The first-order valence-electron chi connectivity index (χ1n) is 9.51. The maximum atomic E-state index is 12.5. The number of guanidine groups is 1. The van der Waals surface area contributed by atoms with Crippen molar-refractivity contribution in [2.75, 3.05) is 25.4 Å². The van der Waals surface area contributed by atoms with E-state index in [9.17, 15) is 21.6 Å². The molecule has 0 spiro atoms. The second-order valence-electron chi connectivity index (χ2n) is 6.74. The Morgan fingerprint density at radius 2 is 1.97 bits per heavy atom. The molecule has 0 aromatic heterocycles. The lowest BCUT2D eigenvalue weighted by atomic mass is 9.86. The van der Waals surface area contributed by atoms with Crippen molar-refractivity contribution in [2.45, 2.75) is 39.1 Å². The maximum Gasteiger partial charge on any atom is 0.573 e. The van der Waals surface area contributed by atoms with Crippen LogP contribution in [0.1, 0.15) is 31.7 Å². The third-order valence-electron chi connectivity index (χ3n) is 4.43. The van der Waals surface area contributed by atoms with E-state index >= 15 is 0 Å². The summed E-state index contributed by atoms with van der Waals surface area (Å²) in [6, 6.07) is 5.75. The standard InChI is InChI=1S/C18H27F3N4O3S/c1-2-22-17(23-10-11-29(26,27)25-12-14-6-5-7-14)24-13-15-8-3-4-9-16(15)28-18(19,20)21/h3-4,8-9,14,25H,2,5-7,10-13H2,1H3,(H2,22,23,24). The Kier molecular flexibility index (Phi) is 8.57. The number of sulfonamides is 1. The molecule has 1 aromatic carbocycles. The summed E-state index contributed by atoms with van der Waals surface area (Å²) in [5.74, 6) is 0.291. The number of ether oxygens (including phenoxy) is 1. The number of para-hydroxylation sites is 1. The van der Waals surface area contributed by atoms with E-state index in [1.807, 2.05) is 6.92 Å². The maximum absolute atomic E-state index is 12.5. The molecule has 0 heterocycles. The largest absolute Gasteiger partial charge is 0.573 e. The number of halogens is 3. The summed E-state index contributed by atoms with van der Waals surface area (Å²) < 4.78 is 68.2. The van der Waals surface area contributed by atoms with Crippen LogP contribution in [0, 0.1) is 5.92 Å². The highest BCUT2D eigenvalue weighted by Gasteiger charge is 2.31. The molecule has 3 N–H and O–H groups in total. The number of benzene rings is 1. The zero-order valence-corrected chi connectivity index (χ0v) is 17.1. The normalized spacial score (nSPS) is 15.7. The molecule has 0 amide bonds. The van der Waals surface area contributed by atoms with Gasteiger partial charge in [0.05, 0.1) is 12.3 Å². The molecule has 7 nitrogen and oxygen atoms in total. The second kappa shape index (κ2) is 10.7. The zero-order chi connectivity index (χ0) is 21.3. The molecule has 1 fully saturated rings. The van der Waals surface area contributed by atoms with Crippen LogP contribution in [0.3, 0.4) is 0 Å². The summed E-state index contributed by atoms with van der Waals surface area (Å²) in [6.45, 7) is 2.86. The molecule has 1 aromatic rings. The molecule has 2 rings (SSSR count). The van der Waals surface area contributed by atoms with Gasteiger partial charge in [-0.25, -0.2) is 18.1 Å². The summed E-state index contributed by atoms with van der Waals surface area (Å²) in [7, 11) is -3.40. The molecule has 1 aliphatic carbocycles. The highest BCUT2D eigenvalue weighted by Crippen LogP contribution is 2.27. The smallest absolute Gasteiger partial charge is 0.405 e. The van der Waals surface area contributed by atoms with Crippen molar-refractivity contribution < 1.29 is 26.3 Å². The summed E-state index contributed by atoms with van der Waals surface area (Å²) in [4.78, 5) is 4.22. The predicted octanol–water partition coefficient (Wildman–Crippen LogP) is 2.36. The van der Waals surface area contributed by atoms with Gasteiger partial charge in [0.1, 0.15) is 5.75 Å². The summed E-state index contributed by atoms with van der Waals surface area (Å²) in [5, 5.41) is 5.82. The molecule has 0 saturated heterocycles. The van der Waals surface area contributed by atoms with Crippen LogP contribution in [0.4, 0.5) is 13.2 Å². The molecule has 0 aliphatic heterocycles. The molecule has 0 atom stereocenters. The average Bonchev–Trinajstić information content (AvgIpc) is 2.58. The van der Waals surface area contributed by atoms with Crippen molar-refractivity contribution in [1.82, 2.24) is 15.4 Å². The van der Waals surface area contributed by atoms with Crippen molar-refractivity contribution in [1.29, 1.82) is 0 Å². The summed E-state index contributed by atoms with van der Waals surface area (Å²) in [5.41, 5.74) is 0.261. The molecule has 1 saturated carbocycles. The van der Waals surface area contributed by atoms with Gasteiger partial charge in [-0.2, -0.15) is 0 Å². The van der Waals surface area contributed by atoms with Crippen molar-refractivity contribution in [3.8, 4) is 5.75 Å². The molecule has 1 aliphatic rings. The Morgan fingerprint density at radius 1 is 1.24 bits per heavy atom. The van der Waals surface area contributed by atoms with E-state index in [4.69, 9.17) is 0 Å². The molecule has 164 valence electrons. The first-order chi connectivity index (χ1) is 13.7. The third-order valence-corrected chi connectivity index (χ3v) is 5.78. The quantitative estimate of drug-likeness (QED) is 0.387. The molecule has 0 bridgehead atoms. The van der Waals surface area contributed by atoms with Crippen LogP contribution in [0.5, 0.6) is 5.75 Å². The van der Waals surface area contributed by atoms with E-state index < -0.39 is 16.4 Å². The molecule has 29 heavy (non-hydrogen) atoms. The van der Waals surface area contributed by atoms with Crippen molar-refractivity contribution in [2.24, 2.45) is 10.9 Å². The topological polar surface area (TPSA) is 91.8 Å². The summed E-state index contributed by atoms with van der Waals surface area (Å²) in [6.07, 6.45) is -1.54. The number of rotatable bonds is 10. The molecule has 11 heteroatoms. The fourth-order valence-electron chi connectivity index (χ4n) is 2.68. The monoisotopic (exact) mass is 436 g/mol. The van der Waals surface area contributed by atoms with Gasteiger partial charge in [0.2, 0.25) is 10.0 Å². The van der Waals surface area contributed by atoms with Gasteiger partial charge in [-0.1, -0.05) is 24.6 Å². The van der Waals surface area contributed by atoms with Crippen LogP contribution in [0.2, 0.25) is 0 Å². The lowest BCUT2D eigenvalue weighted by molar-refractivity contribution is -0.274. The first-order valence-corrected chi connectivity index (χ1v) is 11.2. The SMILES string of the molecule is CCNC(=NCc1ccccc1OC(F)(F)F)NCCS(=O)(=O)NCC1CCC1. The molecular formula is C18H27F3N4O3S. The van der Waals surface area contributed by atoms with Crippen molar-refractivity contribution >= 4 is 16.0 Å². The lowest BCUT2D eigenvalue weighted by Gasteiger charge is -2.25. The van der Waals surface area contributed by atoms with Gasteiger partial charge < -0.3 is 15.4 Å². The van der Waals surface area contributed by atoms with Gasteiger partial charge in [0.15, 0.2) is 5.96 Å². The van der Waals surface area contributed by atoms with Gasteiger partial charge in [-0.05, 0) is 31.7 Å². The van der Waals surface area contributed by atoms with E-state index in [1.54, 1.807) is 6.07 Å². The van der Waals surface area contributed by atoms with Gasteiger partial charge in [0.25, 0.3) is 0 Å². The van der Waals surface area contributed by atoms with Gasteiger partial charge in [0, 0.05) is 25.2 Å². The fourth-order valence-corrected chi connectivity index (χ4v) is 3.69. The number of hydrogen-bond acceptors (Lipinski definition) is 4. The van der Waals surface area contributed by atoms with E-state index in [0.29, 0.717) is 25.0 Å². The number of alkyl halides is 3. The Balaban J connectivity index is 1.89. The number of hydrogen-bond donors (Lipinski definition) is 3. The minimum atomic E-state index is -4.79. The fraction of sp³-hybridized carbons (Fsp3) is 0.611. The highest BCUT2D eigenvalue weighted by molar-refractivity contribution is 7.89. The third kappa shape index (κ3) is 8.90. The number of nitrogens with zero attached hydrogens (tertiary/aromatic N) is 1. The average molecular weight is 437 g/mol. The first kappa shape index (κ1) is 23.3. The van der Waals surface area contributed by atoms with E-state index in [0.717, 1.165) is 19.3 Å².